The quantitative estimate of drug-likeness (QED) is 0.115. The second kappa shape index (κ2) is 23.3. The third-order valence-corrected chi connectivity index (χ3v) is 13.0. The SMILES string of the molecule is Cc1ccc(-c2cccc3ccccc23)c2cc(CC3CCCCC3)[cH-]c12.Cc1ccc(-c2cccc3ccccc23)c2cc(CC3CCCCC3)[cH-]c12.Cl.Cl.[CH3-].[CH3-].[Si]=[Zr]. The van der Waals surface area contributed by atoms with E-state index >= 15 is 0 Å². The molecule has 312 valence electrons. The molecule has 2 radical (unpaired) electrons. The van der Waals surface area contributed by atoms with Gasteiger partial charge in [-0.05, 0) is 57.3 Å². The number of aryl methyl sites for hydroxylation is 2. The molecule has 0 spiro atoms. The number of fused-ring (bicyclic) bond motifs is 4. The fourth-order valence-corrected chi connectivity index (χ4v) is 10.1. The first-order valence-electron chi connectivity index (χ1n) is 21.2. The van der Waals surface area contributed by atoms with Crippen LogP contribution in [0.25, 0.3) is 65.3 Å². The van der Waals surface area contributed by atoms with Gasteiger partial charge in [-0.25, -0.2) is 0 Å². The number of rotatable bonds is 6. The van der Waals surface area contributed by atoms with Gasteiger partial charge in [0.05, 0.1) is 0 Å². The van der Waals surface area contributed by atoms with Gasteiger partial charge in [0, 0.05) is 0 Å². The predicted molar refractivity (Wildman–Crippen MR) is 268 cm³/mol. The van der Waals surface area contributed by atoms with Crippen LogP contribution in [0.2, 0.25) is 0 Å². The van der Waals surface area contributed by atoms with E-state index in [4.69, 9.17) is 0 Å². The van der Waals surface area contributed by atoms with Gasteiger partial charge in [0.2, 0.25) is 0 Å². The molecular formula is C56H62Cl2SiZr-4. The standard InChI is InChI=1S/2C27H27.2CH3.2ClH.Si.Zr/c2*1-19-14-15-25(24-13-7-11-22-10-5-6-12-23(22)24)27-18-21(17-26(19)27)16-20-8-3-2-4-9-20;;;;;;/h2*5-7,10-15,17-18,20H,2-4,8-9,16H2,1H3;2*1H3;2*1H;;/q4*-1;;;;. The molecule has 10 rings (SSSR count). The minimum absolute atomic E-state index is 0. The van der Waals surface area contributed by atoms with Gasteiger partial charge in [0.15, 0.2) is 0 Å². The van der Waals surface area contributed by atoms with E-state index in [1.54, 1.807) is 0 Å². The molecule has 0 bridgehead atoms. The molecule has 0 atom stereocenters. The maximum absolute atomic E-state index is 3.06. The summed E-state index contributed by atoms with van der Waals surface area (Å²) in [5, 5.41) is 11.1. The van der Waals surface area contributed by atoms with Crippen LogP contribution in [0, 0.1) is 40.5 Å². The molecule has 0 aromatic heterocycles. The monoisotopic (exact) mass is 922 g/mol. The zero-order valence-electron chi connectivity index (χ0n) is 36.2. The Labute approximate surface area is 390 Å². The van der Waals surface area contributed by atoms with Crippen LogP contribution in [0.1, 0.15) is 86.5 Å². The third kappa shape index (κ3) is 10.8. The molecule has 0 saturated heterocycles. The van der Waals surface area contributed by atoms with E-state index in [1.165, 1.54) is 188 Å². The van der Waals surface area contributed by atoms with Crippen LogP contribution in [-0.2, 0) is 36.2 Å². The first-order chi connectivity index (χ1) is 27.6. The summed E-state index contributed by atoms with van der Waals surface area (Å²) in [5.74, 6) is 1.77. The van der Waals surface area contributed by atoms with Crippen molar-refractivity contribution in [3.05, 3.63) is 171 Å². The van der Waals surface area contributed by atoms with Crippen molar-refractivity contribution < 1.29 is 23.3 Å². The van der Waals surface area contributed by atoms with Gasteiger partial charge in [-0.15, -0.1) is 92.9 Å². The van der Waals surface area contributed by atoms with Gasteiger partial charge in [0.25, 0.3) is 0 Å². The molecule has 8 aromatic rings. The second-order valence-electron chi connectivity index (χ2n) is 16.7. The van der Waals surface area contributed by atoms with Crippen molar-refractivity contribution in [3.63, 3.8) is 0 Å². The van der Waals surface area contributed by atoms with E-state index in [0.717, 1.165) is 11.8 Å². The van der Waals surface area contributed by atoms with Gasteiger partial charge >= 0.3 is 30.2 Å². The number of halogens is 2. The Kier molecular flexibility index (Phi) is 19.1. The second-order valence-corrected chi connectivity index (χ2v) is 16.7. The van der Waals surface area contributed by atoms with Crippen LogP contribution in [0.4, 0.5) is 0 Å². The van der Waals surface area contributed by atoms with E-state index in [1.807, 2.05) is 0 Å². The number of hydrogen-bond donors (Lipinski definition) is 0. The van der Waals surface area contributed by atoms with Crippen molar-refractivity contribution in [1.29, 1.82) is 0 Å². The van der Waals surface area contributed by atoms with Crippen molar-refractivity contribution in [3.8, 4) is 22.3 Å². The summed E-state index contributed by atoms with van der Waals surface area (Å²) in [7, 11) is 0. The Morgan fingerprint density at radius 1 is 0.450 bits per heavy atom. The Morgan fingerprint density at radius 2 is 0.800 bits per heavy atom. The first-order valence-corrected chi connectivity index (χ1v) is 25.4. The van der Waals surface area contributed by atoms with Crippen LogP contribution < -0.4 is 0 Å². The van der Waals surface area contributed by atoms with Crippen molar-refractivity contribution in [2.75, 3.05) is 0 Å². The topological polar surface area (TPSA) is 0 Å². The van der Waals surface area contributed by atoms with Crippen LogP contribution >= 0.6 is 24.8 Å². The van der Waals surface area contributed by atoms with Crippen LogP contribution in [0.15, 0.2) is 133 Å². The zero-order valence-corrected chi connectivity index (χ0v) is 41.2. The summed E-state index contributed by atoms with van der Waals surface area (Å²) >= 11 is 1.36. The van der Waals surface area contributed by atoms with Crippen LogP contribution in [0.5, 0.6) is 0 Å². The summed E-state index contributed by atoms with van der Waals surface area (Å²) in [4.78, 5) is 0. The molecule has 2 fully saturated rings. The molecule has 4 heteroatoms. The fraction of sp³-hybridized carbons (Fsp3) is 0.286. The van der Waals surface area contributed by atoms with Crippen molar-refractivity contribution in [1.82, 2.24) is 0 Å². The van der Waals surface area contributed by atoms with Crippen LogP contribution in [0.3, 0.4) is 0 Å². The van der Waals surface area contributed by atoms with E-state index in [0.29, 0.717) is 0 Å². The Balaban J connectivity index is 0.000000239. The summed E-state index contributed by atoms with van der Waals surface area (Å²) < 4.78 is 0. The average Bonchev–Trinajstić information content (AvgIpc) is 3.88. The fourth-order valence-electron chi connectivity index (χ4n) is 10.1. The molecule has 0 aliphatic heterocycles. The molecule has 0 amide bonds. The minimum atomic E-state index is 0. The Hall–Kier alpha value is -3.26. The Morgan fingerprint density at radius 3 is 1.20 bits per heavy atom. The van der Waals surface area contributed by atoms with E-state index in [2.05, 4.69) is 154 Å². The van der Waals surface area contributed by atoms with Crippen molar-refractivity contribution in [2.45, 2.75) is 90.9 Å². The van der Waals surface area contributed by atoms with Gasteiger partial charge in [-0.2, -0.15) is 12.1 Å². The molecule has 2 saturated carbocycles. The van der Waals surface area contributed by atoms with Gasteiger partial charge in [0.1, 0.15) is 0 Å². The number of benzene rings is 6. The average molecular weight is 925 g/mol. The predicted octanol–water partition coefficient (Wildman–Crippen LogP) is 17.0. The summed E-state index contributed by atoms with van der Waals surface area (Å²) in [6.07, 6.45) is 16.7. The molecule has 0 unspecified atom stereocenters. The van der Waals surface area contributed by atoms with Crippen LogP contribution in [-0.4, -0.2) is 6.88 Å². The van der Waals surface area contributed by atoms with Crippen molar-refractivity contribution in [2.24, 2.45) is 11.8 Å². The molecular weight excluding hydrogens is 863 g/mol. The molecule has 0 nitrogen and oxygen atoms in total. The molecule has 0 heterocycles. The molecule has 2 aliphatic rings. The Bertz CT molecular complexity index is 2390. The molecule has 60 heavy (non-hydrogen) atoms. The van der Waals surface area contributed by atoms with Gasteiger partial charge in [-0.1, -0.05) is 186 Å². The molecule has 2 aliphatic carbocycles. The normalized spacial score (nSPS) is 14.1. The summed E-state index contributed by atoms with van der Waals surface area (Å²) in [5.41, 5.74) is 11.3. The van der Waals surface area contributed by atoms with E-state index in [9.17, 15) is 0 Å². The van der Waals surface area contributed by atoms with Gasteiger partial charge in [-0.3, -0.25) is 0 Å². The van der Waals surface area contributed by atoms with Gasteiger partial charge < -0.3 is 14.9 Å². The zero-order chi connectivity index (χ0) is 38.4. The first kappa shape index (κ1) is 49.4. The molecule has 0 N–H and O–H groups in total. The molecule has 8 aromatic carbocycles. The summed E-state index contributed by atoms with van der Waals surface area (Å²) in [6.45, 7) is 7.56. The third-order valence-electron chi connectivity index (χ3n) is 13.0. The van der Waals surface area contributed by atoms with E-state index < -0.39 is 0 Å². The summed E-state index contributed by atoms with van der Waals surface area (Å²) in [6, 6.07) is 50.0. The van der Waals surface area contributed by atoms with Crippen molar-refractivity contribution >= 4 is 74.8 Å². The maximum atomic E-state index is 3.06. The van der Waals surface area contributed by atoms with E-state index in [-0.39, 0.29) is 39.7 Å². The number of hydrogen-bond acceptors (Lipinski definition) is 0.